The maximum atomic E-state index is 5.46. The van der Waals surface area contributed by atoms with E-state index >= 15 is 0 Å². The van der Waals surface area contributed by atoms with Crippen LogP contribution in [0, 0.1) is 11.8 Å². The molecule has 1 aliphatic carbocycles. The van der Waals surface area contributed by atoms with Gasteiger partial charge in [0.1, 0.15) is 0 Å². The highest BCUT2D eigenvalue weighted by molar-refractivity contribution is 4.79. The van der Waals surface area contributed by atoms with Crippen molar-refractivity contribution in [2.24, 2.45) is 11.8 Å². The minimum Gasteiger partial charge on any atom is -0.352 e. The summed E-state index contributed by atoms with van der Waals surface area (Å²) < 4.78 is 10.9. The Morgan fingerprint density at radius 2 is 1.73 bits per heavy atom. The van der Waals surface area contributed by atoms with Gasteiger partial charge < -0.3 is 14.8 Å². The van der Waals surface area contributed by atoms with Gasteiger partial charge >= 0.3 is 0 Å². The quantitative estimate of drug-likeness (QED) is 0.597. The average molecular weight is 215 g/mol. The molecule has 0 aliphatic heterocycles. The maximum absolute atomic E-state index is 5.46. The minimum absolute atomic E-state index is 0.0774. The summed E-state index contributed by atoms with van der Waals surface area (Å²) >= 11 is 0. The summed E-state index contributed by atoms with van der Waals surface area (Å²) in [5, 5.41) is 3.43. The van der Waals surface area contributed by atoms with Gasteiger partial charge in [0.15, 0.2) is 6.29 Å². The Kier molecular flexibility index (Phi) is 6.22. The Balaban J connectivity index is 2.03. The molecule has 0 aromatic heterocycles. The van der Waals surface area contributed by atoms with E-state index in [9.17, 15) is 0 Å². The van der Waals surface area contributed by atoms with Crippen LogP contribution in [0.4, 0.5) is 0 Å². The Labute approximate surface area is 93.5 Å². The Morgan fingerprint density at radius 1 is 1.13 bits per heavy atom. The van der Waals surface area contributed by atoms with Crippen LogP contribution in [0.5, 0.6) is 0 Å². The molecule has 90 valence electrons. The molecule has 1 saturated carbocycles. The van der Waals surface area contributed by atoms with E-state index in [0.29, 0.717) is 13.2 Å². The minimum atomic E-state index is -0.0774. The van der Waals surface area contributed by atoms with Crippen molar-refractivity contribution in [1.82, 2.24) is 5.32 Å². The highest BCUT2D eigenvalue weighted by Gasteiger charge is 2.27. The first-order valence-corrected chi connectivity index (χ1v) is 6.21. The molecule has 15 heavy (non-hydrogen) atoms. The van der Waals surface area contributed by atoms with Crippen molar-refractivity contribution >= 4 is 0 Å². The van der Waals surface area contributed by atoms with Crippen molar-refractivity contribution in [3.05, 3.63) is 0 Å². The van der Waals surface area contributed by atoms with Gasteiger partial charge in [0.05, 0.1) is 0 Å². The predicted octanol–water partition coefficient (Wildman–Crippen LogP) is 2.02. The van der Waals surface area contributed by atoms with Crippen LogP contribution >= 0.6 is 0 Å². The molecule has 0 spiro atoms. The standard InChI is InChI=1S/C12H25NO2/c1-4-14-12(15-5-2)9-13-8-10(3)11-6-7-11/h10-13H,4-9H2,1-3H3. The van der Waals surface area contributed by atoms with Crippen molar-refractivity contribution < 1.29 is 9.47 Å². The van der Waals surface area contributed by atoms with E-state index in [1.54, 1.807) is 0 Å². The van der Waals surface area contributed by atoms with Crippen LogP contribution in [0.2, 0.25) is 0 Å². The second kappa shape index (κ2) is 7.20. The van der Waals surface area contributed by atoms with Gasteiger partial charge in [-0.15, -0.1) is 0 Å². The molecular weight excluding hydrogens is 190 g/mol. The third-order valence-electron chi connectivity index (χ3n) is 2.91. The molecule has 1 fully saturated rings. The topological polar surface area (TPSA) is 30.5 Å². The van der Waals surface area contributed by atoms with Crippen molar-refractivity contribution in [2.75, 3.05) is 26.3 Å². The van der Waals surface area contributed by atoms with E-state index in [0.717, 1.165) is 24.9 Å². The summed E-state index contributed by atoms with van der Waals surface area (Å²) in [5.41, 5.74) is 0. The SMILES string of the molecule is CCOC(CNCC(C)C1CC1)OCC. The normalized spacial score (nSPS) is 18.4. The van der Waals surface area contributed by atoms with Gasteiger partial charge in [0, 0.05) is 19.8 Å². The van der Waals surface area contributed by atoms with Gasteiger partial charge in [-0.25, -0.2) is 0 Å². The molecule has 1 rings (SSSR count). The number of rotatable bonds is 9. The summed E-state index contributed by atoms with van der Waals surface area (Å²) in [6.07, 6.45) is 2.76. The van der Waals surface area contributed by atoms with Crippen LogP contribution in [0.15, 0.2) is 0 Å². The van der Waals surface area contributed by atoms with Crippen molar-refractivity contribution in [3.63, 3.8) is 0 Å². The second-order valence-electron chi connectivity index (χ2n) is 4.31. The van der Waals surface area contributed by atoms with Crippen molar-refractivity contribution in [3.8, 4) is 0 Å². The molecule has 0 radical (unpaired) electrons. The highest BCUT2D eigenvalue weighted by Crippen LogP contribution is 2.35. The summed E-state index contributed by atoms with van der Waals surface area (Å²) in [4.78, 5) is 0. The smallest absolute Gasteiger partial charge is 0.169 e. The summed E-state index contributed by atoms with van der Waals surface area (Å²) in [6, 6.07) is 0. The lowest BCUT2D eigenvalue weighted by molar-refractivity contribution is -0.133. The van der Waals surface area contributed by atoms with Crippen LogP contribution in [-0.2, 0) is 9.47 Å². The first-order valence-electron chi connectivity index (χ1n) is 6.21. The molecule has 3 heteroatoms. The van der Waals surface area contributed by atoms with Crippen LogP contribution in [0.1, 0.15) is 33.6 Å². The van der Waals surface area contributed by atoms with Gasteiger partial charge in [-0.2, -0.15) is 0 Å². The van der Waals surface area contributed by atoms with E-state index in [-0.39, 0.29) is 6.29 Å². The van der Waals surface area contributed by atoms with E-state index in [1.165, 1.54) is 12.8 Å². The van der Waals surface area contributed by atoms with Crippen LogP contribution < -0.4 is 5.32 Å². The molecule has 1 unspecified atom stereocenters. The second-order valence-corrected chi connectivity index (χ2v) is 4.31. The van der Waals surface area contributed by atoms with Crippen molar-refractivity contribution in [2.45, 2.75) is 39.9 Å². The van der Waals surface area contributed by atoms with E-state index in [4.69, 9.17) is 9.47 Å². The number of hydrogen-bond donors (Lipinski definition) is 1. The van der Waals surface area contributed by atoms with E-state index < -0.39 is 0 Å². The number of hydrogen-bond acceptors (Lipinski definition) is 3. The number of ether oxygens (including phenoxy) is 2. The predicted molar refractivity (Wildman–Crippen MR) is 61.8 cm³/mol. The molecular formula is C12H25NO2. The fraction of sp³-hybridized carbons (Fsp3) is 1.00. The molecule has 0 saturated heterocycles. The lowest BCUT2D eigenvalue weighted by atomic mass is 10.1. The van der Waals surface area contributed by atoms with Gasteiger partial charge in [-0.3, -0.25) is 0 Å². The molecule has 0 bridgehead atoms. The van der Waals surface area contributed by atoms with Crippen LogP contribution in [0.3, 0.4) is 0 Å². The third-order valence-corrected chi connectivity index (χ3v) is 2.91. The Bertz CT molecular complexity index is 154. The molecule has 0 aromatic rings. The van der Waals surface area contributed by atoms with Gasteiger partial charge in [0.2, 0.25) is 0 Å². The zero-order valence-corrected chi connectivity index (χ0v) is 10.3. The summed E-state index contributed by atoms with van der Waals surface area (Å²) in [6.45, 7) is 9.63. The maximum Gasteiger partial charge on any atom is 0.169 e. The zero-order chi connectivity index (χ0) is 11.1. The first-order chi connectivity index (χ1) is 7.27. The molecule has 3 nitrogen and oxygen atoms in total. The van der Waals surface area contributed by atoms with Crippen molar-refractivity contribution in [1.29, 1.82) is 0 Å². The highest BCUT2D eigenvalue weighted by atomic mass is 16.7. The monoisotopic (exact) mass is 215 g/mol. The third kappa shape index (κ3) is 5.50. The average Bonchev–Trinajstić information content (AvgIpc) is 3.01. The first kappa shape index (κ1) is 12.9. The lowest BCUT2D eigenvalue weighted by Gasteiger charge is -2.19. The summed E-state index contributed by atoms with van der Waals surface area (Å²) in [7, 11) is 0. The Morgan fingerprint density at radius 3 is 2.20 bits per heavy atom. The van der Waals surface area contributed by atoms with Crippen LogP contribution in [0.25, 0.3) is 0 Å². The van der Waals surface area contributed by atoms with E-state index in [2.05, 4.69) is 12.2 Å². The molecule has 1 atom stereocenters. The van der Waals surface area contributed by atoms with E-state index in [1.807, 2.05) is 13.8 Å². The molecule has 1 N–H and O–H groups in total. The molecule has 1 aliphatic rings. The molecule has 0 heterocycles. The summed E-state index contributed by atoms with van der Waals surface area (Å²) in [5.74, 6) is 1.77. The van der Waals surface area contributed by atoms with Gasteiger partial charge in [-0.1, -0.05) is 6.92 Å². The molecule has 0 aromatic carbocycles. The largest absolute Gasteiger partial charge is 0.352 e. The van der Waals surface area contributed by atoms with Gasteiger partial charge in [-0.05, 0) is 45.1 Å². The zero-order valence-electron chi connectivity index (χ0n) is 10.3. The number of nitrogens with one attached hydrogen (secondary N) is 1. The van der Waals surface area contributed by atoms with Crippen LogP contribution in [-0.4, -0.2) is 32.6 Å². The van der Waals surface area contributed by atoms with Gasteiger partial charge in [0.25, 0.3) is 0 Å². The lowest BCUT2D eigenvalue weighted by Crippen LogP contribution is -2.34. The fourth-order valence-corrected chi connectivity index (χ4v) is 1.80. The fourth-order valence-electron chi connectivity index (χ4n) is 1.80. The molecule has 0 amide bonds. The Hall–Kier alpha value is -0.120.